The number of hydrogen-bond acceptors (Lipinski definition) is 8. The van der Waals surface area contributed by atoms with Crippen molar-refractivity contribution in [2.75, 3.05) is 18.8 Å². The van der Waals surface area contributed by atoms with E-state index in [0.717, 1.165) is 0 Å². The number of hydrogen-bond donors (Lipinski definition) is 5. The molecule has 0 radical (unpaired) electrons. The van der Waals surface area contributed by atoms with Crippen molar-refractivity contribution in [3.63, 3.8) is 0 Å². The highest BCUT2D eigenvalue weighted by molar-refractivity contribution is 9.10. The summed E-state index contributed by atoms with van der Waals surface area (Å²) >= 11 is 3.34. The molecule has 0 spiro atoms. The number of nitrogens with one attached hydrogen (secondary N) is 4. The summed E-state index contributed by atoms with van der Waals surface area (Å²) in [5, 5.41) is 24.0. The number of hydrazone groups is 1. The molecule has 0 aliphatic carbocycles. The number of halogens is 2. The van der Waals surface area contributed by atoms with E-state index in [1.807, 2.05) is 13.8 Å². The van der Waals surface area contributed by atoms with Gasteiger partial charge in [0.25, 0.3) is 0 Å². The highest BCUT2D eigenvalue weighted by Gasteiger charge is 2.21. The Morgan fingerprint density at radius 1 is 1.33 bits per heavy atom. The van der Waals surface area contributed by atoms with Crippen molar-refractivity contribution in [2.45, 2.75) is 33.3 Å². The van der Waals surface area contributed by atoms with Crippen LogP contribution >= 0.6 is 15.9 Å². The summed E-state index contributed by atoms with van der Waals surface area (Å²) in [6.45, 7) is 6.87. The van der Waals surface area contributed by atoms with Crippen LogP contribution in [0, 0.1) is 16.6 Å². The van der Waals surface area contributed by atoms with E-state index in [2.05, 4.69) is 36.8 Å². The van der Waals surface area contributed by atoms with Crippen LogP contribution in [0.15, 0.2) is 51.8 Å². The van der Waals surface area contributed by atoms with Crippen LogP contribution in [-0.2, 0) is 0 Å². The second-order valence-electron chi connectivity index (χ2n) is 7.07. The minimum atomic E-state index is -0.630. The molecular formula is C23H29BrFN7O. The number of nitrogens with two attached hydrogens (primary N) is 1. The van der Waals surface area contributed by atoms with E-state index < -0.39 is 11.9 Å². The number of allylic oxidation sites excluding steroid dienone is 1. The van der Waals surface area contributed by atoms with Crippen molar-refractivity contribution < 1.29 is 9.13 Å². The Morgan fingerprint density at radius 2 is 2.09 bits per heavy atom. The first-order valence-corrected chi connectivity index (χ1v) is 11.3. The van der Waals surface area contributed by atoms with Crippen LogP contribution in [0.3, 0.4) is 0 Å². The Kier molecular flexibility index (Phi) is 9.99. The van der Waals surface area contributed by atoms with E-state index in [4.69, 9.17) is 21.3 Å². The molecule has 0 saturated carbocycles. The zero-order valence-electron chi connectivity index (χ0n) is 18.9. The van der Waals surface area contributed by atoms with Crippen LogP contribution in [0.5, 0.6) is 5.75 Å². The van der Waals surface area contributed by atoms with E-state index in [-0.39, 0.29) is 18.0 Å². The summed E-state index contributed by atoms with van der Waals surface area (Å²) in [7, 11) is 0. The third kappa shape index (κ3) is 7.38. The standard InChI is InChI=1S/C23H29BrFN7O/c1-4-29-12-15(11-26)8-20(32-31-5-2)22(27)18-7-6-17(25)10-19(18)14(3)33-21-9-16(24)13-30-23(21)28/h6-7,9-14,26-27,29,31H,4-5,8H2,1-3H3,(H2,28,30)/b15-12-,26-11?,27-22?,32-20-/t14-/m1/s1. The molecule has 0 aliphatic rings. The van der Waals surface area contributed by atoms with Crippen molar-refractivity contribution >= 4 is 39.4 Å². The van der Waals surface area contributed by atoms with Crippen LogP contribution in [0.25, 0.3) is 0 Å². The molecule has 0 unspecified atom stereocenters. The van der Waals surface area contributed by atoms with Gasteiger partial charge in [-0.2, -0.15) is 5.10 Å². The molecule has 0 bridgehead atoms. The van der Waals surface area contributed by atoms with Gasteiger partial charge in [0.05, 0.1) is 11.4 Å². The third-order valence-electron chi connectivity index (χ3n) is 4.58. The fourth-order valence-corrected chi connectivity index (χ4v) is 3.27. The van der Waals surface area contributed by atoms with Gasteiger partial charge < -0.3 is 26.6 Å². The van der Waals surface area contributed by atoms with Crippen molar-refractivity contribution in [1.29, 1.82) is 10.8 Å². The van der Waals surface area contributed by atoms with Gasteiger partial charge in [-0.3, -0.25) is 5.41 Å². The molecule has 33 heavy (non-hydrogen) atoms. The first kappa shape index (κ1) is 26.0. The number of benzene rings is 1. The molecule has 1 aromatic carbocycles. The van der Waals surface area contributed by atoms with Crippen LogP contribution in [-0.4, -0.2) is 35.7 Å². The number of pyridine rings is 1. The number of anilines is 1. The lowest BCUT2D eigenvalue weighted by Crippen LogP contribution is -2.23. The van der Waals surface area contributed by atoms with E-state index in [0.29, 0.717) is 45.7 Å². The Hall–Kier alpha value is -3.27. The lowest BCUT2D eigenvalue weighted by Gasteiger charge is -2.20. The van der Waals surface area contributed by atoms with Crippen molar-refractivity contribution in [1.82, 2.24) is 15.7 Å². The fourth-order valence-electron chi connectivity index (χ4n) is 2.96. The van der Waals surface area contributed by atoms with Gasteiger partial charge in [-0.1, -0.05) is 0 Å². The zero-order valence-corrected chi connectivity index (χ0v) is 20.5. The maximum atomic E-state index is 14.2. The summed E-state index contributed by atoms with van der Waals surface area (Å²) < 4.78 is 20.9. The summed E-state index contributed by atoms with van der Waals surface area (Å²) in [5.41, 5.74) is 10.9. The number of aromatic nitrogens is 1. The Balaban J connectivity index is 2.43. The molecule has 0 fully saturated rings. The Labute approximate surface area is 201 Å². The van der Waals surface area contributed by atoms with Gasteiger partial charge in [0.15, 0.2) is 11.6 Å². The largest absolute Gasteiger partial charge is 0.482 e. The first-order valence-electron chi connectivity index (χ1n) is 10.5. The van der Waals surface area contributed by atoms with Crippen LogP contribution < -0.4 is 21.2 Å². The molecule has 10 heteroatoms. The minimum Gasteiger partial charge on any atom is -0.482 e. The SMILES string of the molecule is CCN/C=C(\C=N)C/C(=N/NCC)C(=N)c1ccc(F)cc1[C@@H](C)Oc1cc(Br)cnc1N. The van der Waals surface area contributed by atoms with Gasteiger partial charge in [-0.25, -0.2) is 9.37 Å². The summed E-state index contributed by atoms with van der Waals surface area (Å²) in [6, 6.07) is 5.86. The average molecular weight is 518 g/mol. The van der Waals surface area contributed by atoms with Crippen molar-refractivity contribution in [3.05, 3.63) is 63.7 Å². The number of rotatable bonds is 12. The lowest BCUT2D eigenvalue weighted by atomic mass is 9.94. The van der Waals surface area contributed by atoms with Gasteiger partial charge >= 0.3 is 0 Å². The Morgan fingerprint density at radius 3 is 2.76 bits per heavy atom. The molecule has 0 saturated heterocycles. The minimum absolute atomic E-state index is 0.103. The molecule has 1 heterocycles. The number of nitrogens with zero attached hydrogens (tertiary/aromatic N) is 2. The first-order chi connectivity index (χ1) is 15.8. The third-order valence-corrected chi connectivity index (χ3v) is 5.02. The van der Waals surface area contributed by atoms with Crippen molar-refractivity contribution in [2.24, 2.45) is 5.10 Å². The van der Waals surface area contributed by atoms with Gasteiger partial charge in [0.2, 0.25) is 0 Å². The van der Waals surface area contributed by atoms with E-state index in [1.165, 1.54) is 24.4 Å². The van der Waals surface area contributed by atoms with Gasteiger partial charge in [0, 0.05) is 53.7 Å². The molecule has 6 N–H and O–H groups in total. The van der Waals surface area contributed by atoms with Crippen LogP contribution in [0.1, 0.15) is 44.4 Å². The molecule has 0 aliphatic heterocycles. The zero-order chi connectivity index (χ0) is 24.4. The van der Waals surface area contributed by atoms with E-state index in [9.17, 15) is 4.39 Å². The van der Waals surface area contributed by atoms with Gasteiger partial charge in [-0.05, 0) is 66.5 Å². The van der Waals surface area contributed by atoms with E-state index >= 15 is 0 Å². The number of ether oxygens (including phenoxy) is 1. The molecule has 0 amide bonds. The molecule has 2 rings (SSSR count). The second kappa shape index (κ2) is 12.7. The Bertz CT molecular complexity index is 1060. The van der Waals surface area contributed by atoms with E-state index in [1.54, 1.807) is 25.4 Å². The fraction of sp³-hybridized carbons (Fsp3) is 0.304. The number of nitrogen functional groups attached to an aromatic ring is 1. The molecule has 8 nitrogen and oxygen atoms in total. The van der Waals surface area contributed by atoms with Crippen molar-refractivity contribution in [3.8, 4) is 5.75 Å². The second-order valence-corrected chi connectivity index (χ2v) is 7.99. The van der Waals surface area contributed by atoms with Crippen LogP contribution in [0.2, 0.25) is 0 Å². The monoisotopic (exact) mass is 517 g/mol. The normalized spacial score (nSPS) is 12.8. The predicted octanol–water partition coefficient (Wildman–Crippen LogP) is 4.57. The smallest absolute Gasteiger partial charge is 0.166 e. The molecule has 1 atom stereocenters. The molecule has 1 aromatic heterocycles. The maximum absolute atomic E-state index is 14.2. The average Bonchev–Trinajstić information content (AvgIpc) is 2.80. The highest BCUT2D eigenvalue weighted by atomic mass is 79.9. The quantitative estimate of drug-likeness (QED) is 0.207. The highest BCUT2D eigenvalue weighted by Crippen LogP contribution is 2.30. The topological polar surface area (TPSA) is 132 Å². The summed E-state index contributed by atoms with van der Waals surface area (Å²) in [6.07, 6.45) is 4.12. The molecule has 2 aromatic rings. The summed E-state index contributed by atoms with van der Waals surface area (Å²) in [4.78, 5) is 4.06. The lowest BCUT2D eigenvalue weighted by molar-refractivity contribution is 0.227. The van der Waals surface area contributed by atoms with Gasteiger partial charge in [0.1, 0.15) is 11.9 Å². The van der Waals surface area contributed by atoms with Crippen LogP contribution in [0.4, 0.5) is 10.2 Å². The maximum Gasteiger partial charge on any atom is 0.166 e. The van der Waals surface area contributed by atoms with Gasteiger partial charge in [-0.15, -0.1) is 0 Å². The molecular weight excluding hydrogens is 489 g/mol. The summed E-state index contributed by atoms with van der Waals surface area (Å²) in [5.74, 6) is 0.103. The molecule has 176 valence electrons. The predicted molar refractivity (Wildman–Crippen MR) is 135 cm³/mol.